The van der Waals surface area contributed by atoms with E-state index in [0.717, 1.165) is 53.8 Å². The molecule has 0 aliphatic carbocycles. The number of aliphatic hydroxyl groups is 1. The van der Waals surface area contributed by atoms with Crippen molar-refractivity contribution < 1.29 is 19.0 Å². The minimum absolute atomic E-state index is 0.142. The van der Waals surface area contributed by atoms with Crippen molar-refractivity contribution in [2.75, 3.05) is 43.4 Å². The van der Waals surface area contributed by atoms with Crippen LogP contribution in [0.15, 0.2) is 66.7 Å². The van der Waals surface area contributed by atoms with E-state index in [1.165, 1.54) is 28.9 Å². The van der Waals surface area contributed by atoms with Gasteiger partial charge in [0, 0.05) is 80.4 Å². The first kappa shape index (κ1) is 41.2. The van der Waals surface area contributed by atoms with E-state index in [1.54, 1.807) is 29.3 Å². The van der Waals surface area contributed by atoms with Crippen molar-refractivity contribution in [1.82, 2.24) is 59.1 Å². The predicted octanol–water partition coefficient (Wildman–Crippen LogP) is 4.94. The van der Waals surface area contributed by atoms with Crippen molar-refractivity contribution in [3.63, 3.8) is 0 Å². The van der Waals surface area contributed by atoms with Crippen molar-refractivity contribution in [3.8, 4) is 17.0 Å². The number of amides is 1. The lowest BCUT2D eigenvalue weighted by Crippen LogP contribution is -2.59. The van der Waals surface area contributed by atoms with Crippen LogP contribution in [-0.4, -0.2) is 117 Å². The van der Waals surface area contributed by atoms with Gasteiger partial charge in [-0.2, -0.15) is 19.7 Å². The number of piperidine rings is 2. The van der Waals surface area contributed by atoms with Crippen molar-refractivity contribution >= 4 is 59.8 Å². The molecular weight excluding hydrogens is 786 g/mol. The van der Waals surface area contributed by atoms with Gasteiger partial charge in [-0.25, -0.2) is 23.3 Å². The van der Waals surface area contributed by atoms with Gasteiger partial charge in [0.15, 0.2) is 17.2 Å². The molecule has 1 amide bonds. The van der Waals surface area contributed by atoms with E-state index in [1.807, 2.05) is 44.0 Å². The predicted molar refractivity (Wildman–Crippen MR) is 228 cm³/mol. The van der Waals surface area contributed by atoms with Crippen molar-refractivity contribution in [3.05, 3.63) is 73.3 Å². The Morgan fingerprint density at radius 1 is 1.17 bits per heavy atom. The van der Waals surface area contributed by atoms with Gasteiger partial charge in [0.1, 0.15) is 25.7 Å². The number of pyridine rings is 1. The summed E-state index contributed by atoms with van der Waals surface area (Å²) < 4.78 is 27.0. The van der Waals surface area contributed by atoms with Crippen LogP contribution in [0.1, 0.15) is 57.6 Å². The molecule has 1 aromatic carbocycles. The third-order valence-electron chi connectivity index (χ3n) is 10.9. The number of aromatic nitrogens is 9. The Kier molecular flexibility index (Phi) is 12.1. The summed E-state index contributed by atoms with van der Waals surface area (Å²) in [4.78, 5) is 29.2. The number of anilines is 3. The largest absolute Gasteiger partial charge is 0.485 e. The molecule has 2 radical (unpaired) electrons. The molecule has 60 heavy (non-hydrogen) atoms. The number of aryl methyl sites for hydroxylation is 1. The van der Waals surface area contributed by atoms with Gasteiger partial charge in [0.05, 0.1) is 29.0 Å². The maximum Gasteiger partial charge on any atom is 0.247 e. The first-order chi connectivity index (χ1) is 29.0. The van der Waals surface area contributed by atoms with E-state index in [4.69, 9.17) is 17.6 Å². The van der Waals surface area contributed by atoms with Gasteiger partial charge in [0.2, 0.25) is 17.5 Å². The number of nitrogens with one attached hydrogen (secondary N) is 4. The third kappa shape index (κ3) is 8.82. The standard InChI is InChI=1S/C40H48BFN14O3S/c1-5-43-15-12-33(57)49-36-29-9-11-31(47-37(29)53(4)51-36)25-13-17-54(18-14-25)40(41,58)27-7-6-16-55(22-27)60-28-8-10-32(30(42)19-28)48-39-50-38-35(59-24(2)3)34(26-20-45-46-21-26)44-23-56(38)52-39/h5,8-11,19-21,23-25,27,43,58H,1,6-7,12-18,22H2,2-4H3,(H,45,46)(H,48,52)(H,49,51,57). The molecule has 5 aromatic heterocycles. The Balaban J connectivity index is 0.870. The third-order valence-corrected chi connectivity index (χ3v) is 12.0. The summed E-state index contributed by atoms with van der Waals surface area (Å²) in [5.74, 6) is 0.493. The highest BCUT2D eigenvalue weighted by Crippen LogP contribution is 2.38. The molecule has 2 saturated heterocycles. The van der Waals surface area contributed by atoms with E-state index < -0.39 is 11.4 Å². The monoisotopic (exact) mass is 834 g/mol. The fraction of sp³-hybridized carbons (Fsp3) is 0.425. The smallest absolute Gasteiger partial charge is 0.247 e. The molecular formula is C40H48BFN14O3S. The zero-order valence-corrected chi connectivity index (χ0v) is 34.6. The molecule has 2 unspecified atom stereocenters. The number of hydrogen-bond acceptors (Lipinski definition) is 14. The molecule has 0 bridgehead atoms. The molecule has 0 spiro atoms. The quantitative estimate of drug-likeness (QED) is 0.0531. The highest BCUT2D eigenvalue weighted by atomic mass is 32.2. The molecule has 2 atom stereocenters. The summed E-state index contributed by atoms with van der Waals surface area (Å²) in [7, 11) is 8.59. The Morgan fingerprint density at radius 2 is 2.00 bits per heavy atom. The summed E-state index contributed by atoms with van der Waals surface area (Å²) in [5.41, 5.74) is 2.10. The average molecular weight is 835 g/mol. The van der Waals surface area contributed by atoms with E-state index in [-0.39, 0.29) is 35.5 Å². The molecule has 8 rings (SSSR count). The van der Waals surface area contributed by atoms with Crippen LogP contribution in [0, 0.1) is 11.7 Å². The van der Waals surface area contributed by atoms with Crippen LogP contribution in [0.3, 0.4) is 0 Å². The van der Waals surface area contributed by atoms with Gasteiger partial charge >= 0.3 is 0 Å². The molecule has 2 aliphatic rings. The first-order valence-electron chi connectivity index (χ1n) is 20.1. The highest BCUT2D eigenvalue weighted by Gasteiger charge is 2.41. The molecule has 0 saturated carbocycles. The van der Waals surface area contributed by atoms with Gasteiger partial charge in [-0.1, -0.05) is 6.58 Å². The summed E-state index contributed by atoms with van der Waals surface area (Å²) in [6.45, 7) is 10.5. The highest BCUT2D eigenvalue weighted by molar-refractivity contribution is 7.97. The van der Waals surface area contributed by atoms with Crippen LogP contribution in [0.2, 0.25) is 0 Å². The van der Waals surface area contributed by atoms with E-state index in [0.29, 0.717) is 61.2 Å². The average Bonchev–Trinajstić information content (AvgIpc) is 3.99. The number of likely N-dealkylation sites (tertiary alicyclic amines) is 1. The molecule has 5 N–H and O–H groups in total. The summed E-state index contributed by atoms with van der Waals surface area (Å²) >= 11 is 1.45. The number of hydrogen-bond donors (Lipinski definition) is 5. The maximum atomic E-state index is 15.6. The Labute approximate surface area is 352 Å². The maximum absolute atomic E-state index is 15.6. The minimum atomic E-state index is -1.51. The second kappa shape index (κ2) is 17.6. The number of aromatic amines is 1. The second-order valence-electron chi connectivity index (χ2n) is 15.4. The molecule has 312 valence electrons. The van der Waals surface area contributed by atoms with Gasteiger partial charge in [-0.15, -0.1) is 5.10 Å². The van der Waals surface area contributed by atoms with Crippen LogP contribution < -0.4 is 20.7 Å². The zero-order valence-electron chi connectivity index (χ0n) is 33.8. The second-order valence-corrected chi connectivity index (χ2v) is 16.6. The fourth-order valence-corrected chi connectivity index (χ4v) is 8.91. The molecule has 2 fully saturated rings. The Hall–Kier alpha value is -5.57. The number of ether oxygens (including phenoxy) is 1. The van der Waals surface area contributed by atoms with Crippen LogP contribution >= 0.6 is 11.9 Å². The van der Waals surface area contributed by atoms with Gasteiger partial charge < -0.3 is 25.8 Å². The lowest BCUT2D eigenvalue weighted by molar-refractivity contribution is -0.116. The number of rotatable bonds is 15. The van der Waals surface area contributed by atoms with Crippen molar-refractivity contribution in [1.29, 1.82) is 0 Å². The van der Waals surface area contributed by atoms with Gasteiger partial charge in [-0.3, -0.25) is 14.8 Å². The molecule has 2 aliphatic heterocycles. The van der Waals surface area contributed by atoms with Crippen LogP contribution in [0.4, 0.5) is 21.8 Å². The summed E-state index contributed by atoms with van der Waals surface area (Å²) in [6.07, 6.45) is 9.78. The lowest BCUT2D eigenvalue weighted by atomic mass is 9.73. The molecule has 17 nitrogen and oxygen atoms in total. The number of nitrogens with zero attached hydrogens (tertiary/aromatic N) is 10. The number of carbonyl (C=O) groups is 1. The molecule has 20 heteroatoms. The Bertz CT molecular complexity index is 2470. The van der Waals surface area contributed by atoms with E-state index >= 15 is 4.39 Å². The van der Waals surface area contributed by atoms with Gasteiger partial charge in [0.25, 0.3) is 0 Å². The van der Waals surface area contributed by atoms with E-state index in [9.17, 15) is 9.90 Å². The van der Waals surface area contributed by atoms with Gasteiger partial charge in [-0.05, 0) is 88.0 Å². The SMILES string of the molecule is [B]C(O)(C1CCCN(Sc2ccc(Nc3nc4c(OC(C)C)c(-c5cn[nH]c5)ncn4n3)c(F)c2)C1)N1CCC(c2ccc3c(NC(=O)CCNC=C)nn(C)c3n2)CC1. The number of benzene rings is 1. The Morgan fingerprint density at radius 3 is 2.75 bits per heavy atom. The summed E-state index contributed by atoms with van der Waals surface area (Å²) in [6, 6.07) is 8.96. The number of carbonyl (C=O) groups excluding carboxylic acids is 1. The number of halogens is 1. The van der Waals surface area contributed by atoms with E-state index in [2.05, 4.69) is 57.2 Å². The lowest BCUT2D eigenvalue weighted by Gasteiger charge is -2.49. The van der Waals surface area contributed by atoms with Crippen LogP contribution in [-0.2, 0) is 11.8 Å². The summed E-state index contributed by atoms with van der Waals surface area (Å²) in [5, 5.41) is 37.2. The van der Waals surface area contributed by atoms with Crippen LogP contribution in [0.5, 0.6) is 5.75 Å². The minimum Gasteiger partial charge on any atom is -0.485 e. The fourth-order valence-electron chi connectivity index (χ4n) is 7.85. The molecule has 6 aromatic rings. The van der Waals surface area contributed by atoms with Crippen molar-refractivity contribution in [2.24, 2.45) is 13.0 Å². The molecule has 7 heterocycles. The first-order valence-corrected chi connectivity index (χ1v) is 20.9. The number of H-pyrrole nitrogens is 1. The normalized spacial score (nSPS) is 17.9. The van der Waals surface area contributed by atoms with Crippen LogP contribution in [0.25, 0.3) is 27.9 Å². The topological polar surface area (TPSA) is 192 Å². The number of fused-ring (bicyclic) bond motifs is 2. The zero-order chi connectivity index (χ0) is 42.0. The van der Waals surface area contributed by atoms with Crippen molar-refractivity contribution in [2.45, 2.75) is 68.5 Å².